The van der Waals surface area contributed by atoms with E-state index < -0.39 is 0 Å². The standard InChI is InChI=1S/C20H32N4O3.HI/c1-15(2)19(25)24-9-8-17(14-24)23-20(21-3)22-13-16-6-5-7-18(12-16)27-11-10-26-4;/h5-7,12,15,17H,8-11,13-14H2,1-4H3,(H2,21,22,23);1H. The number of rotatable bonds is 8. The molecule has 1 fully saturated rings. The Hall–Kier alpha value is -1.55. The van der Waals surface area contributed by atoms with E-state index in [1.54, 1.807) is 14.2 Å². The zero-order valence-corrected chi connectivity index (χ0v) is 19.6. The van der Waals surface area contributed by atoms with Gasteiger partial charge in [0, 0.05) is 45.8 Å². The molecule has 0 radical (unpaired) electrons. The van der Waals surface area contributed by atoms with Gasteiger partial charge >= 0.3 is 0 Å². The molecule has 0 aliphatic carbocycles. The van der Waals surface area contributed by atoms with Crippen molar-refractivity contribution in [3.05, 3.63) is 29.8 Å². The van der Waals surface area contributed by atoms with Crippen LogP contribution in [-0.4, -0.2) is 63.3 Å². The fourth-order valence-corrected chi connectivity index (χ4v) is 3.01. The van der Waals surface area contributed by atoms with Gasteiger partial charge in [0.25, 0.3) is 0 Å². The van der Waals surface area contributed by atoms with Gasteiger partial charge in [-0.2, -0.15) is 0 Å². The van der Waals surface area contributed by atoms with E-state index in [9.17, 15) is 4.79 Å². The molecule has 7 nitrogen and oxygen atoms in total. The monoisotopic (exact) mass is 504 g/mol. The second kappa shape index (κ2) is 12.8. The van der Waals surface area contributed by atoms with Gasteiger partial charge in [0.15, 0.2) is 5.96 Å². The first-order valence-corrected chi connectivity index (χ1v) is 9.50. The summed E-state index contributed by atoms with van der Waals surface area (Å²) in [4.78, 5) is 18.3. The van der Waals surface area contributed by atoms with Crippen molar-refractivity contribution >= 4 is 35.8 Å². The lowest BCUT2D eigenvalue weighted by molar-refractivity contribution is -0.133. The van der Waals surface area contributed by atoms with E-state index in [2.05, 4.69) is 15.6 Å². The lowest BCUT2D eigenvalue weighted by atomic mass is 10.2. The summed E-state index contributed by atoms with van der Waals surface area (Å²) in [6, 6.07) is 8.19. The Labute approximate surface area is 185 Å². The number of aliphatic imine (C=N–C) groups is 1. The SMILES string of the molecule is CN=C(NCc1cccc(OCCOC)c1)NC1CCN(C(=O)C(C)C)C1.I. The van der Waals surface area contributed by atoms with Crippen LogP contribution in [0.2, 0.25) is 0 Å². The van der Waals surface area contributed by atoms with Gasteiger partial charge < -0.3 is 25.0 Å². The Morgan fingerprint density at radius 2 is 2.14 bits per heavy atom. The second-order valence-corrected chi connectivity index (χ2v) is 6.98. The highest BCUT2D eigenvalue weighted by Crippen LogP contribution is 2.14. The van der Waals surface area contributed by atoms with Crippen LogP contribution in [0.15, 0.2) is 29.3 Å². The van der Waals surface area contributed by atoms with E-state index in [1.807, 2.05) is 43.0 Å². The first-order valence-electron chi connectivity index (χ1n) is 9.50. The number of hydrogen-bond acceptors (Lipinski definition) is 4. The highest BCUT2D eigenvalue weighted by atomic mass is 127. The van der Waals surface area contributed by atoms with Gasteiger partial charge in [-0.1, -0.05) is 26.0 Å². The van der Waals surface area contributed by atoms with Gasteiger partial charge in [-0.15, -0.1) is 24.0 Å². The van der Waals surface area contributed by atoms with Gasteiger partial charge in [-0.3, -0.25) is 9.79 Å². The van der Waals surface area contributed by atoms with Gasteiger partial charge in [-0.25, -0.2) is 0 Å². The van der Waals surface area contributed by atoms with Crippen molar-refractivity contribution in [3.8, 4) is 5.75 Å². The number of carbonyl (C=O) groups excluding carboxylic acids is 1. The summed E-state index contributed by atoms with van der Waals surface area (Å²) < 4.78 is 10.6. The molecule has 2 rings (SSSR count). The lowest BCUT2D eigenvalue weighted by Gasteiger charge is -2.20. The number of methoxy groups -OCH3 is 1. The Balaban J connectivity index is 0.00000392. The number of amides is 1. The molecule has 1 aliphatic heterocycles. The number of nitrogens with zero attached hydrogens (tertiary/aromatic N) is 2. The summed E-state index contributed by atoms with van der Waals surface area (Å²) in [6.07, 6.45) is 0.933. The number of carbonyl (C=O) groups is 1. The number of halogens is 1. The quantitative estimate of drug-likeness (QED) is 0.246. The molecule has 8 heteroatoms. The third kappa shape index (κ3) is 7.83. The first kappa shape index (κ1) is 24.5. The number of hydrogen-bond donors (Lipinski definition) is 2. The number of likely N-dealkylation sites (tertiary alicyclic amines) is 1. The van der Waals surface area contributed by atoms with Crippen molar-refractivity contribution in [1.29, 1.82) is 0 Å². The smallest absolute Gasteiger partial charge is 0.225 e. The molecule has 1 atom stereocenters. The van der Waals surface area contributed by atoms with Gasteiger partial charge in [-0.05, 0) is 24.1 Å². The first-order chi connectivity index (χ1) is 13.0. The molecule has 1 aliphatic rings. The number of ether oxygens (including phenoxy) is 2. The van der Waals surface area contributed by atoms with Crippen molar-refractivity contribution < 1.29 is 14.3 Å². The zero-order valence-electron chi connectivity index (χ0n) is 17.2. The van der Waals surface area contributed by atoms with Crippen LogP contribution in [-0.2, 0) is 16.1 Å². The number of benzene rings is 1. The average Bonchev–Trinajstić information content (AvgIpc) is 3.13. The van der Waals surface area contributed by atoms with Crippen molar-refractivity contribution in [2.45, 2.75) is 32.9 Å². The molecule has 1 aromatic rings. The van der Waals surface area contributed by atoms with Crippen LogP contribution < -0.4 is 15.4 Å². The molecule has 0 bridgehead atoms. The zero-order chi connectivity index (χ0) is 19.6. The van der Waals surface area contributed by atoms with Crippen LogP contribution in [0.3, 0.4) is 0 Å². The molecule has 158 valence electrons. The summed E-state index contributed by atoms with van der Waals surface area (Å²) >= 11 is 0. The maximum absolute atomic E-state index is 12.1. The highest BCUT2D eigenvalue weighted by molar-refractivity contribution is 14.0. The maximum atomic E-state index is 12.1. The maximum Gasteiger partial charge on any atom is 0.225 e. The lowest BCUT2D eigenvalue weighted by Crippen LogP contribution is -2.45. The third-order valence-electron chi connectivity index (χ3n) is 4.47. The minimum Gasteiger partial charge on any atom is -0.491 e. The Kier molecular flexibility index (Phi) is 11.2. The van der Waals surface area contributed by atoms with E-state index in [-0.39, 0.29) is 41.8 Å². The van der Waals surface area contributed by atoms with Crippen molar-refractivity contribution in [2.75, 3.05) is 40.5 Å². The van der Waals surface area contributed by atoms with Crippen LogP contribution in [0.1, 0.15) is 25.8 Å². The molecule has 0 saturated carbocycles. The topological polar surface area (TPSA) is 75.2 Å². The van der Waals surface area contributed by atoms with Gasteiger partial charge in [0.1, 0.15) is 12.4 Å². The summed E-state index contributed by atoms with van der Waals surface area (Å²) in [6.45, 7) is 7.14. The molecule has 1 saturated heterocycles. The van der Waals surface area contributed by atoms with Gasteiger partial charge in [0.05, 0.1) is 6.61 Å². The molecule has 2 N–H and O–H groups in total. The molecular weight excluding hydrogens is 471 g/mol. The molecule has 1 heterocycles. The largest absolute Gasteiger partial charge is 0.491 e. The van der Waals surface area contributed by atoms with Crippen LogP contribution >= 0.6 is 24.0 Å². The summed E-state index contributed by atoms with van der Waals surface area (Å²) in [7, 11) is 3.41. The Bertz CT molecular complexity index is 640. The third-order valence-corrected chi connectivity index (χ3v) is 4.47. The fraction of sp³-hybridized carbons (Fsp3) is 0.600. The summed E-state index contributed by atoms with van der Waals surface area (Å²) in [5, 5.41) is 6.74. The molecule has 0 spiro atoms. The van der Waals surface area contributed by atoms with Crippen LogP contribution in [0.25, 0.3) is 0 Å². The highest BCUT2D eigenvalue weighted by Gasteiger charge is 2.27. The van der Waals surface area contributed by atoms with Crippen LogP contribution in [0.4, 0.5) is 0 Å². The fourth-order valence-electron chi connectivity index (χ4n) is 3.01. The molecule has 1 aromatic carbocycles. The summed E-state index contributed by atoms with van der Waals surface area (Å²) in [5.41, 5.74) is 1.11. The number of guanidine groups is 1. The molecule has 0 aromatic heterocycles. The summed E-state index contributed by atoms with van der Waals surface area (Å²) in [5.74, 6) is 1.82. The minimum absolute atomic E-state index is 0. The molecular formula is C20H33IN4O3. The van der Waals surface area contributed by atoms with Crippen molar-refractivity contribution in [1.82, 2.24) is 15.5 Å². The van der Waals surface area contributed by atoms with Crippen molar-refractivity contribution in [2.24, 2.45) is 10.9 Å². The Morgan fingerprint density at radius 1 is 1.36 bits per heavy atom. The minimum atomic E-state index is 0. The molecule has 1 unspecified atom stereocenters. The molecule has 1 amide bonds. The van der Waals surface area contributed by atoms with Crippen LogP contribution in [0, 0.1) is 5.92 Å². The molecule has 28 heavy (non-hydrogen) atoms. The predicted molar refractivity (Wildman–Crippen MR) is 122 cm³/mol. The number of nitrogens with one attached hydrogen (secondary N) is 2. The Morgan fingerprint density at radius 3 is 2.82 bits per heavy atom. The van der Waals surface area contributed by atoms with Gasteiger partial charge in [0.2, 0.25) is 5.91 Å². The predicted octanol–water partition coefficient (Wildman–Crippen LogP) is 2.25. The average molecular weight is 504 g/mol. The van der Waals surface area contributed by atoms with E-state index in [0.29, 0.717) is 19.8 Å². The normalized spacial score (nSPS) is 16.7. The van der Waals surface area contributed by atoms with E-state index in [1.165, 1.54) is 0 Å². The second-order valence-electron chi connectivity index (χ2n) is 6.98. The van der Waals surface area contributed by atoms with Crippen LogP contribution in [0.5, 0.6) is 5.75 Å². The van der Waals surface area contributed by atoms with E-state index in [0.717, 1.165) is 36.8 Å². The van der Waals surface area contributed by atoms with E-state index >= 15 is 0 Å². The van der Waals surface area contributed by atoms with E-state index in [4.69, 9.17) is 9.47 Å². The van der Waals surface area contributed by atoms with Crippen molar-refractivity contribution in [3.63, 3.8) is 0 Å².